The number of aromatic nitrogens is 2. The summed E-state index contributed by atoms with van der Waals surface area (Å²) in [6.45, 7) is 14.4. The molecule has 2 aromatic carbocycles. The number of halogens is 2. The molecule has 0 saturated carbocycles. The van der Waals surface area contributed by atoms with Crippen LogP contribution < -0.4 is 5.32 Å². The van der Waals surface area contributed by atoms with Crippen LogP contribution in [0.1, 0.15) is 54.9 Å². The molecule has 6 heteroatoms. The van der Waals surface area contributed by atoms with Crippen LogP contribution in [-0.2, 0) is 0 Å². The molecule has 1 heterocycles. The summed E-state index contributed by atoms with van der Waals surface area (Å²) in [4.78, 5) is 13.7. The monoisotopic (exact) mass is 468 g/mol. The smallest absolute Gasteiger partial charge is 0.224 e. The topological polar surface area (TPSA) is 50.2 Å². The number of nitrogens with one attached hydrogen (secondary N) is 1. The quantitative estimate of drug-likeness (QED) is 0.280. The largest absolute Gasteiger partial charge is 0.362 e. The van der Waals surface area contributed by atoms with E-state index in [0.29, 0.717) is 11.7 Å². The van der Waals surface area contributed by atoms with Gasteiger partial charge in [0.05, 0.1) is 11.6 Å². The highest BCUT2D eigenvalue weighted by molar-refractivity contribution is 6.28. The summed E-state index contributed by atoms with van der Waals surface area (Å²) in [5, 5.41) is 4.54. The molecule has 3 aromatic rings. The molecule has 0 radical (unpaired) electrons. The summed E-state index contributed by atoms with van der Waals surface area (Å²) < 4.78 is 13.3. The fourth-order valence-corrected chi connectivity index (χ4v) is 3.60. The molecule has 3 rings (SSSR count). The van der Waals surface area contributed by atoms with Crippen molar-refractivity contribution in [3.05, 3.63) is 65.3 Å². The minimum Gasteiger partial charge on any atom is -0.362 e. The van der Waals surface area contributed by atoms with Crippen molar-refractivity contribution in [2.45, 2.75) is 60.9 Å². The van der Waals surface area contributed by atoms with Gasteiger partial charge in [0.25, 0.3) is 0 Å². The molecule has 33 heavy (non-hydrogen) atoms. The van der Waals surface area contributed by atoms with E-state index in [1.54, 1.807) is 12.1 Å². The van der Waals surface area contributed by atoms with Crippen molar-refractivity contribution in [3.8, 4) is 11.1 Å². The van der Waals surface area contributed by atoms with E-state index in [4.69, 9.17) is 16.6 Å². The molecular weight excluding hydrogens is 435 g/mol. The first-order chi connectivity index (χ1) is 15.8. The fraction of sp³-hybridized carbons (Fsp3) is 0.370. The van der Waals surface area contributed by atoms with Crippen molar-refractivity contribution >= 4 is 34.0 Å². The lowest BCUT2D eigenvalue weighted by atomic mass is 9.96. The van der Waals surface area contributed by atoms with Crippen LogP contribution in [0.4, 0.5) is 10.2 Å². The number of hydrogen-bond acceptors (Lipinski definition) is 4. The molecule has 0 aliphatic heterocycles. The van der Waals surface area contributed by atoms with Crippen LogP contribution in [0.5, 0.6) is 0 Å². The van der Waals surface area contributed by atoms with Crippen LogP contribution in [0.2, 0.25) is 5.28 Å². The van der Waals surface area contributed by atoms with Crippen molar-refractivity contribution in [3.63, 3.8) is 0 Å². The Morgan fingerprint density at radius 2 is 1.73 bits per heavy atom. The van der Waals surface area contributed by atoms with E-state index in [1.165, 1.54) is 12.1 Å². The fourth-order valence-electron chi connectivity index (χ4n) is 3.42. The lowest BCUT2D eigenvalue weighted by Crippen LogP contribution is -2.31. The highest BCUT2D eigenvalue weighted by atomic mass is 35.5. The second kappa shape index (κ2) is 12.4. The summed E-state index contributed by atoms with van der Waals surface area (Å²) in [5.74, 6) is 0.709. The predicted molar refractivity (Wildman–Crippen MR) is 141 cm³/mol. The maximum Gasteiger partial charge on any atom is 0.224 e. The minimum atomic E-state index is -0.260. The van der Waals surface area contributed by atoms with Gasteiger partial charge in [0.15, 0.2) is 0 Å². The molecule has 1 N–H and O–H groups in total. The van der Waals surface area contributed by atoms with Crippen LogP contribution in [0.25, 0.3) is 22.0 Å². The Morgan fingerprint density at radius 1 is 1.09 bits per heavy atom. The van der Waals surface area contributed by atoms with Crippen LogP contribution >= 0.6 is 11.6 Å². The Balaban J connectivity index is 0.00000187. The second-order valence-electron chi connectivity index (χ2n) is 7.72. The normalized spacial score (nSPS) is 13.8. The van der Waals surface area contributed by atoms with Gasteiger partial charge >= 0.3 is 0 Å². The maximum atomic E-state index is 13.3. The SMILES string of the molecule is C/C=C(/C)N=C(C(C)CC)C(C)Nc1nc(Cl)nc2ccc(-c3ccc(F)cc3)cc12.CC. The van der Waals surface area contributed by atoms with E-state index in [2.05, 4.69) is 36.1 Å². The number of hydrogen-bond donors (Lipinski definition) is 1. The van der Waals surface area contributed by atoms with Gasteiger partial charge in [-0.2, -0.15) is 0 Å². The molecule has 0 amide bonds. The lowest BCUT2D eigenvalue weighted by Gasteiger charge is -2.22. The van der Waals surface area contributed by atoms with Crippen molar-refractivity contribution in [1.82, 2.24) is 9.97 Å². The summed E-state index contributed by atoms with van der Waals surface area (Å²) in [5.41, 5.74) is 4.66. The van der Waals surface area contributed by atoms with E-state index in [-0.39, 0.29) is 17.1 Å². The van der Waals surface area contributed by atoms with E-state index in [1.807, 2.05) is 52.0 Å². The van der Waals surface area contributed by atoms with Gasteiger partial charge < -0.3 is 5.32 Å². The van der Waals surface area contributed by atoms with E-state index >= 15 is 0 Å². The highest BCUT2D eigenvalue weighted by Gasteiger charge is 2.19. The number of anilines is 1. The molecule has 0 bridgehead atoms. The summed E-state index contributed by atoms with van der Waals surface area (Å²) in [7, 11) is 0. The number of allylic oxidation sites excluding steroid dienone is 2. The van der Waals surface area contributed by atoms with Crippen molar-refractivity contribution in [2.24, 2.45) is 10.9 Å². The maximum absolute atomic E-state index is 13.3. The standard InChI is InChI=1S/C25H28ClFN4.C2H6/c1-6-15(3)23(28-16(4)7-2)17(5)29-24-21-14-19(18-8-11-20(27)12-9-18)10-13-22(21)30-25(26)31-24;1-2/h7-15,17H,6H2,1-5H3,(H,29,30,31);1-2H3/b16-7-,28-23?;. The molecule has 2 atom stereocenters. The van der Waals surface area contributed by atoms with E-state index in [0.717, 1.165) is 39.9 Å². The highest BCUT2D eigenvalue weighted by Crippen LogP contribution is 2.29. The third-order valence-corrected chi connectivity index (χ3v) is 5.65. The van der Waals surface area contributed by atoms with Gasteiger partial charge in [-0.15, -0.1) is 0 Å². The molecule has 0 fully saturated rings. The zero-order valence-corrected chi connectivity index (χ0v) is 21.3. The van der Waals surface area contributed by atoms with Crippen molar-refractivity contribution in [1.29, 1.82) is 0 Å². The van der Waals surface area contributed by atoms with Crippen molar-refractivity contribution < 1.29 is 4.39 Å². The Bertz CT molecular complexity index is 1120. The van der Waals surface area contributed by atoms with Gasteiger partial charge in [-0.3, -0.25) is 4.99 Å². The molecule has 0 aliphatic rings. The van der Waals surface area contributed by atoms with E-state index < -0.39 is 0 Å². The van der Waals surface area contributed by atoms with Crippen LogP contribution in [0.3, 0.4) is 0 Å². The third kappa shape index (κ3) is 6.84. The molecule has 1 aromatic heterocycles. The van der Waals surface area contributed by atoms with E-state index in [9.17, 15) is 4.39 Å². The molecule has 0 aliphatic carbocycles. The number of benzene rings is 2. The van der Waals surface area contributed by atoms with Gasteiger partial charge in [-0.25, -0.2) is 14.4 Å². The summed E-state index contributed by atoms with van der Waals surface area (Å²) >= 11 is 6.21. The Hall–Kier alpha value is -2.79. The third-order valence-electron chi connectivity index (χ3n) is 5.48. The minimum absolute atomic E-state index is 0.0477. The molecule has 0 saturated heterocycles. The van der Waals surface area contributed by atoms with Gasteiger partial charge in [-0.05, 0) is 80.1 Å². The average Bonchev–Trinajstić information content (AvgIpc) is 2.83. The second-order valence-corrected chi connectivity index (χ2v) is 8.06. The predicted octanol–water partition coefficient (Wildman–Crippen LogP) is 8.33. The first kappa shape index (κ1) is 26.5. The zero-order valence-electron chi connectivity index (χ0n) is 20.6. The lowest BCUT2D eigenvalue weighted by molar-refractivity contribution is 0.628. The first-order valence-corrected chi connectivity index (χ1v) is 11.9. The van der Waals surface area contributed by atoms with Crippen LogP contribution in [-0.4, -0.2) is 21.7 Å². The van der Waals surface area contributed by atoms with Crippen molar-refractivity contribution in [2.75, 3.05) is 5.32 Å². The van der Waals surface area contributed by atoms with Gasteiger partial charge in [0, 0.05) is 16.8 Å². The van der Waals surface area contributed by atoms with Gasteiger partial charge in [0.1, 0.15) is 11.6 Å². The van der Waals surface area contributed by atoms with Crippen LogP contribution in [0.15, 0.2) is 59.2 Å². The molecule has 176 valence electrons. The van der Waals surface area contributed by atoms with Gasteiger partial charge in [-0.1, -0.05) is 52.0 Å². The molecule has 0 spiro atoms. The van der Waals surface area contributed by atoms with Crippen LogP contribution in [0, 0.1) is 11.7 Å². The number of nitrogens with zero attached hydrogens (tertiary/aromatic N) is 3. The molecular formula is C27H34ClFN4. The Kier molecular flexibility index (Phi) is 9.98. The molecule has 2 unspecified atom stereocenters. The van der Waals surface area contributed by atoms with Gasteiger partial charge in [0.2, 0.25) is 5.28 Å². The first-order valence-electron chi connectivity index (χ1n) is 11.5. The Labute approximate surface area is 202 Å². The number of fused-ring (bicyclic) bond motifs is 1. The number of aliphatic imine (C=N–C) groups is 1. The zero-order chi connectivity index (χ0) is 24.5. The summed E-state index contributed by atoms with van der Waals surface area (Å²) in [6.07, 6.45) is 2.99. The average molecular weight is 469 g/mol. The molecule has 4 nitrogen and oxygen atoms in total. The number of rotatable bonds is 7. The summed E-state index contributed by atoms with van der Waals surface area (Å²) in [6, 6.07) is 12.3. The Morgan fingerprint density at radius 3 is 2.33 bits per heavy atom.